The lowest BCUT2D eigenvalue weighted by molar-refractivity contribution is -0.159. The molecule has 1 atom stereocenters. The van der Waals surface area contributed by atoms with E-state index in [0.717, 1.165) is 62.7 Å². The van der Waals surface area contributed by atoms with E-state index in [0.29, 0.717) is 11.5 Å². The third kappa shape index (κ3) is 5.74. The van der Waals surface area contributed by atoms with Gasteiger partial charge in [0.25, 0.3) is 0 Å². The lowest BCUT2D eigenvalue weighted by Gasteiger charge is -2.26. The minimum atomic E-state index is -1.82. The highest BCUT2D eigenvalue weighted by Crippen LogP contribution is 2.42. The summed E-state index contributed by atoms with van der Waals surface area (Å²) in [7, 11) is 1.64. The summed E-state index contributed by atoms with van der Waals surface area (Å²) >= 11 is 0. The first-order valence-corrected chi connectivity index (χ1v) is 9.40. The Morgan fingerprint density at radius 3 is 2.60 bits per heavy atom. The molecule has 3 aliphatic rings. The Labute approximate surface area is 172 Å². The largest absolute Gasteiger partial charge is 0.493 e. The van der Waals surface area contributed by atoms with Crippen molar-refractivity contribution >= 4 is 17.7 Å². The molecule has 4 rings (SSSR count). The standard InChI is InChI=1S/C17H22N2O5.C2H2O4/c1-20-15-7-12(8-16-17(15)23-11-22-16)6-14-9-13(18-24-14)10-19-2-4-21-5-3-19;3-1(4)2(5)6/h7-8,14H,2-6,9-11H2,1H3;(H,3,4)(H,5,6). The number of methoxy groups -OCH3 is 1. The summed E-state index contributed by atoms with van der Waals surface area (Å²) in [5.41, 5.74) is 2.21. The molecule has 3 heterocycles. The van der Waals surface area contributed by atoms with Gasteiger partial charge in [0.15, 0.2) is 11.5 Å². The number of hydrogen-bond donors (Lipinski definition) is 2. The van der Waals surface area contributed by atoms with Gasteiger partial charge in [-0.2, -0.15) is 0 Å². The van der Waals surface area contributed by atoms with E-state index >= 15 is 0 Å². The number of ether oxygens (including phenoxy) is 4. The zero-order chi connectivity index (χ0) is 21.5. The van der Waals surface area contributed by atoms with Gasteiger partial charge < -0.3 is 34.0 Å². The summed E-state index contributed by atoms with van der Waals surface area (Å²) in [6.07, 6.45) is 1.68. The zero-order valence-corrected chi connectivity index (χ0v) is 16.5. The minimum Gasteiger partial charge on any atom is -0.493 e. The molecule has 1 unspecified atom stereocenters. The second-order valence-corrected chi connectivity index (χ2v) is 6.82. The van der Waals surface area contributed by atoms with Crippen LogP contribution >= 0.6 is 0 Å². The summed E-state index contributed by atoms with van der Waals surface area (Å²) < 4.78 is 21.7. The van der Waals surface area contributed by atoms with Gasteiger partial charge in [-0.1, -0.05) is 5.16 Å². The number of nitrogens with zero attached hydrogens (tertiary/aromatic N) is 2. The Kier molecular flexibility index (Phi) is 7.31. The smallest absolute Gasteiger partial charge is 0.414 e. The van der Waals surface area contributed by atoms with Crippen LogP contribution < -0.4 is 14.2 Å². The van der Waals surface area contributed by atoms with Crippen molar-refractivity contribution < 1.29 is 43.6 Å². The molecule has 0 aromatic heterocycles. The summed E-state index contributed by atoms with van der Waals surface area (Å²) in [5, 5.41) is 19.1. The molecule has 0 bridgehead atoms. The molecule has 0 aliphatic carbocycles. The number of aliphatic carboxylic acids is 2. The fourth-order valence-electron chi connectivity index (χ4n) is 3.27. The highest BCUT2D eigenvalue weighted by molar-refractivity contribution is 6.27. The highest BCUT2D eigenvalue weighted by atomic mass is 16.7. The van der Waals surface area contributed by atoms with Crippen LogP contribution in [0.2, 0.25) is 0 Å². The second kappa shape index (κ2) is 10.1. The highest BCUT2D eigenvalue weighted by Gasteiger charge is 2.26. The van der Waals surface area contributed by atoms with Crippen molar-refractivity contribution in [3.05, 3.63) is 17.7 Å². The summed E-state index contributed by atoms with van der Waals surface area (Å²) in [6.45, 7) is 4.63. The lowest BCUT2D eigenvalue weighted by atomic mass is 10.0. The Morgan fingerprint density at radius 1 is 1.20 bits per heavy atom. The van der Waals surface area contributed by atoms with Gasteiger partial charge in [-0.15, -0.1) is 0 Å². The lowest BCUT2D eigenvalue weighted by Crippen LogP contribution is -2.39. The maximum atomic E-state index is 9.10. The molecular weight excluding hydrogens is 400 g/mol. The number of carboxylic acids is 2. The fourth-order valence-corrected chi connectivity index (χ4v) is 3.27. The third-order valence-electron chi connectivity index (χ3n) is 4.67. The van der Waals surface area contributed by atoms with E-state index in [1.165, 1.54) is 0 Å². The summed E-state index contributed by atoms with van der Waals surface area (Å²) in [5.74, 6) is -1.54. The van der Waals surface area contributed by atoms with Gasteiger partial charge >= 0.3 is 11.9 Å². The van der Waals surface area contributed by atoms with Crippen molar-refractivity contribution in [2.45, 2.75) is 18.9 Å². The Balaban J connectivity index is 0.000000377. The third-order valence-corrected chi connectivity index (χ3v) is 4.67. The number of benzene rings is 1. The van der Waals surface area contributed by atoms with Crippen LogP contribution in [-0.4, -0.2) is 85.6 Å². The monoisotopic (exact) mass is 424 g/mol. The zero-order valence-electron chi connectivity index (χ0n) is 16.5. The number of morpholine rings is 1. The van der Waals surface area contributed by atoms with Gasteiger partial charge in [-0.25, -0.2) is 9.59 Å². The van der Waals surface area contributed by atoms with E-state index < -0.39 is 11.9 Å². The van der Waals surface area contributed by atoms with Crippen LogP contribution in [0.15, 0.2) is 17.3 Å². The Bertz CT molecular complexity index is 793. The quantitative estimate of drug-likeness (QED) is 0.647. The number of rotatable bonds is 5. The normalized spacial score (nSPS) is 19.9. The van der Waals surface area contributed by atoms with Gasteiger partial charge in [-0.3, -0.25) is 4.90 Å². The molecule has 0 spiro atoms. The number of carbonyl (C=O) groups is 2. The van der Waals surface area contributed by atoms with E-state index in [4.69, 9.17) is 43.6 Å². The molecule has 164 valence electrons. The molecule has 0 radical (unpaired) electrons. The predicted molar refractivity (Wildman–Crippen MR) is 102 cm³/mol. The topological polar surface area (TPSA) is 136 Å². The van der Waals surface area contributed by atoms with Gasteiger partial charge in [0.1, 0.15) is 6.10 Å². The molecule has 0 amide bonds. The Morgan fingerprint density at radius 2 is 1.93 bits per heavy atom. The van der Waals surface area contributed by atoms with Gasteiger partial charge in [0.05, 0.1) is 26.0 Å². The van der Waals surface area contributed by atoms with Crippen molar-refractivity contribution in [3.8, 4) is 17.2 Å². The molecule has 1 fully saturated rings. The van der Waals surface area contributed by atoms with E-state index in [1.807, 2.05) is 12.1 Å². The molecule has 11 heteroatoms. The van der Waals surface area contributed by atoms with Crippen molar-refractivity contribution in [2.75, 3.05) is 46.8 Å². The fraction of sp³-hybridized carbons (Fsp3) is 0.526. The van der Waals surface area contributed by atoms with Crippen molar-refractivity contribution in [3.63, 3.8) is 0 Å². The number of hydrogen-bond acceptors (Lipinski definition) is 9. The molecule has 2 N–H and O–H groups in total. The van der Waals surface area contributed by atoms with E-state index in [1.54, 1.807) is 7.11 Å². The first-order valence-electron chi connectivity index (χ1n) is 9.40. The summed E-state index contributed by atoms with van der Waals surface area (Å²) in [6, 6.07) is 3.98. The average Bonchev–Trinajstić information content (AvgIpc) is 3.38. The first-order chi connectivity index (χ1) is 14.5. The molecule has 30 heavy (non-hydrogen) atoms. The van der Waals surface area contributed by atoms with Crippen molar-refractivity contribution in [2.24, 2.45) is 5.16 Å². The van der Waals surface area contributed by atoms with E-state index in [9.17, 15) is 0 Å². The number of oxime groups is 1. The number of carboxylic acid groups (broad SMARTS) is 2. The van der Waals surface area contributed by atoms with Crippen LogP contribution in [0.25, 0.3) is 0 Å². The van der Waals surface area contributed by atoms with Crippen LogP contribution in [0, 0.1) is 0 Å². The van der Waals surface area contributed by atoms with Crippen LogP contribution in [0.5, 0.6) is 17.2 Å². The molecule has 1 aromatic carbocycles. The van der Waals surface area contributed by atoms with Crippen LogP contribution in [-0.2, 0) is 25.6 Å². The van der Waals surface area contributed by atoms with Gasteiger partial charge in [0.2, 0.25) is 12.5 Å². The maximum absolute atomic E-state index is 9.10. The SMILES string of the molecule is COc1cc(CC2CC(CN3CCOCC3)=NO2)cc2c1OCO2.O=C(O)C(=O)O. The second-order valence-electron chi connectivity index (χ2n) is 6.82. The first kappa shape index (κ1) is 21.7. The minimum absolute atomic E-state index is 0.0612. The molecule has 11 nitrogen and oxygen atoms in total. The molecule has 3 aliphatic heterocycles. The predicted octanol–water partition coefficient (Wildman–Crippen LogP) is 0.599. The molecule has 0 saturated carbocycles. The van der Waals surface area contributed by atoms with Gasteiger partial charge in [0, 0.05) is 32.5 Å². The van der Waals surface area contributed by atoms with E-state index in [2.05, 4.69) is 10.1 Å². The van der Waals surface area contributed by atoms with E-state index in [-0.39, 0.29) is 12.9 Å². The Hall–Kier alpha value is -3.05. The molecule has 1 aromatic rings. The summed E-state index contributed by atoms with van der Waals surface area (Å²) in [4.78, 5) is 26.2. The number of fused-ring (bicyclic) bond motifs is 1. The molecular formula is C19H24N2O9. The maximum Gasteiger partial charge on any atom is 0.414 e. The van der Waals surface area contributed by atoms with Crippen molar-refractivity contribution in [1.29, 1.82) is 0 Å². The van der Waals surface area contributed by atoms with Gasteiger partial charge in [-0.05, 0) is 17.7 Å². The van der Waals surface area contributed by atoms with Crippen LogP contribution in [0.3, 0.4) is 0 Å². The molecule has 1 saturated heterocycles. The van der Waals surface area contributed by atoms with Crippen LogP contribution in [0.1, 0.15) is 12.0 Å². The van der Waals surface area contributed by atoms with Crippen molar-refractivity contribution in [1.82, 2.24) is 4.90 Å². The average molecular weight is 424 g/mol. The van der Waals surface area contributed by atoms with Crippen LogP contribution in [0.4, 0.5) is 0 Å².